The Balaban J connectivity index is 1.37. The fraction of sp³-hybridized carbons (Fsp3) is 0.167. The van der Waals surface area contributed by atoms with Gasteiger partial charge in [-0.15, -0.1) is 11.3 Å². The number of thiophene rings is 1. The highest BCUT2D eigenvalue weighted by molar-refractivity contribution is 7.10. The minimum absolute atomic E-state index is 0.00861. The Bertz CT molecular complexity index is 1320. The van der Waals surface area contributed by atoms with Gasteiger partial charge in [0, 0.05) is 45.1 Å². The van der Waals surface area contributed by atoms with Crippen LogP contribution in [-0.4, -0.2) is 28.2 Å². The van der Waals surface area contributed by atoms with Crippen LogP contribution in [0.3, 0.4) is 0 Å². The quantitative estimate of drug-likeness (QED) is 0.425. The number of aromatic nitrogens is 1. The largest absolute Gasteiger partial charge is 0.351 e. The molecule has 5 rings (SSSR count). The van der Waals surface area contributed by atoms with E-state index in [0.717, 1.165) is 22.9 Å². The zero-order valence-corrected chi connectivity index (χ0v) is 18.4. The standard InChI is InChI=1S/C24H20ClN3O2S/c1-14-18(24(30)28-9-7-22-15(13-28)8-10-31-22)3-2-4-19(14)27-23(29)21-12-16-11-17(25)5-6-20(16)26-21/h2-6,8,10-12,26H,7,9,13H2,1H3,(H,27,29). The molecule has 2 amide bonds. The lowest BCUT2D eigenvalue weighted by Crippen LogP contribution is -2.35. The molecule has 4 aromatic rings. The maximum atomic E-state index is 13.2. The third-order valence-electron chi connectivity index (χ3n) is 5.73. The van der Waals surface area contributed by atoms with Crippen LogP contribution in [-0.2, 0) is 13.0 Å². The van der Waals surface area contributed by atoms with E-state index < -0.39 is 0 Å². The van der Waals surface area contributed by atoms with Crippen molar-refractivity contribution < 1.29 is 9.59 Å². The first-order chi connectivity index (χ1) is 15.0. The summed E-state index contributed by atoms with van der Waals surface area (Å²) < 4.78 is 0. The van der Waals surface area contributed by atoms with E-state index in [1.54, 1.807) is 29.5 Å². The Kier molecular flexibility index (Phi) is 5.04. The Morgan fingerprint density at radius 2 is 2.03 bits per heavy atom. The molecule has 0 bridgehead atoms. The summed E-state index contributed by atoms with van der Waals surface area (Å²) >= 11 is 7.79. The average Bonchev–Trinajstić information content (AvgIpc) is 3.40. The number of halogens is 1. The molecule has 0 saturated heterocycles. The Hall–Kier alpha value is -3.09. The molecule has 1 aliphatic rings. The molecular weight excluding hydrogens is 430 g/mol. The van der Waals surface area contributed by atoms with Crippen LogP contribution in [0.5, 0.6) is 0 Å². The van der Waals surface area contributed by atoms with Gasteiger partial charge in [-0.05, 0) is 72.3 Å². The molecule has 31 heavy (non-hydrogen) atoms. The second-order valence-corrected chi connectivity index (χ2v) is 9.13. The first-order valence-electron chi connectivity index (χ1n) is 10.0. The lowest BCUT2D eigenvalue weighted by molar-refractivity contribution is 0.0735. The van der Waals surface area contributed by atoms with Crippen molar-refractivity contribution in [2.45, 2.75) is 19.9 Å². The predicted molar refractivity (Wildman–Crippen MR) is 125 cm³/mol. The molecule has 7 heteroatoms. The maximum absolute atomic E-state index is 13.2. The van der Waals surface area contributed by atoms with E-state index in [9.17, 15) is 9.59 Å². The van der Waals surface area contributed by atoms with Crippen molar-refractivity contribution >= 4 is 51.3 Å². The zero-order valence-electron chi connectivity index (χ0n) is 16.9. The molecule has 0 atom stereocenters. The van der Waals surface area contributed by atoms with E-state index in [2.05, 4.69) is 21.7 Å². The number of benzene rings is 2. The first kappa shape index (κ1) is 19.8. The molecule has 3 heterocycles. The number of carbonyl (C=O) groups is 2. The number of rotatable bonds is 3. The minimum atomic E-state index is -0.263. The Labute approximate surface area is 188 Å². The molecule has 0 saturated carbocycles. The van der Waals surface area contributed by atoms with Crippen molar-refractivity contribution in [3.63, 3.8) is 0 Å². The van der Waals surface area contributed by atoms with Gasteiger partial charge in [0.05, 0.1) is 0 Å². The van der Waals surface area contributed by atoms with Crippen molar-refractivity contribution in [2.24, 2.45) is 0 Å². The third kappa shape index (κ3) is 3.73. The van der Waals surface area contributed by atoms with Crippen LogP contribution in [0.4, 0.5) is 5.69 Å². The number of amides is 2. The van der Waals surface area contributed by atoms with E-state index in [-0.39, 0.29) is 11.8 Å². The van der Waals surface area contributed by atoms with Crippen molar-refractivity contribution in [3.05, 3.63) is 86.2 Å². The second kappa shape index (κ2) is 7.87. The van der Waals surface area contributed by atoms with E-state index in [4.69, 9.17) is 11.6 Å². The molecule has 0 fully saturated rings. The molecule has 1 aliphatic heterocycles. The monoisotopic (exact) mass is 449 g/mol. The molecule has 0 aliphatic carbocycles. The number of anilines is 1. The van der Waals surface area contributed by atoms with Gasteiger partial charge in [-0.2, -0.15) is 0 Å². The second-order valence-electron chi connectivity index (χ2n) is 7.69. The zero-order chi connectivity index (χ0) is 21.5. The normalized spacial score (nSPS) is 13.3. The van der Waals surface area contributed by atoms with Crippen LogP contribution in [0, 0.1) is 6.92 Å². The molecule has 156 valence electrons. The Morgan fingerprint density at radius 3 is 2.90 bits per heavy atom. The first-order valence-corrected chi connectivity index (χ1v) is 11.3. The average molecular weight is 450 g/mol. The highest BCUT2D eigenvalue weighted by Crippen LogP contribution is 2.27. The summed E-state index contributed by atoms with van der Waals surface area (Å²) in [6.45, 7) is 3.21. The molecule has 0 unspecified atom stereocenters. The van der Waals surface area contributed by atoms with Gasteiger partial charge in [0.2, 0.25) is 0 Å². The van der Waals surface area contributed by atoms with Gasteiger partial charge in [-0.3, -0.25) is 9.59 Å². The van der Waals surface area contributed by atoms with Crippen LogP contribution >= 0.6 is 22.9 Å². The molecule has 2 aromatic carbocycles. The van der Waals surface area contributed by atoms with Crippen molar-refractivity contribution in [1.82, 2.24) is 9.88 Å². The number of nitrogens with one attached hydrogen (secondary N) is 2. The van der Waals surface area contributed by atoms with Gasteiger partial charge in [0.1, 0.15) is 5.69 Å². The number of hydrogen-bond donors (Lipinski definition) is 2. The topological polar surface area (TPSA) is 65.2 Å². The summed E-state index contributed by atoms with van der Waals surface area (Å²) in [6, 6.07) is 14.7. The summed E-state index contributed by atoms with van der Waals surface area (Å²) in [5.41, 5.74) is 4.50. The smallest absolute Gasteiger partial charge is 0.272 e. The van der Waals surface area contributed by atoms with Crippen LogP contribution in [0.2, 0.25) is 5.02 Å². The lowest BCUT2D eigenvalue weighted by Gasteiger charge is -2.28. The highest BCUT2D eigenvalue weighted by Gasteiger charge is 2.24. The van der Waals surface area contributed by atoms with Gasteiger partial charge in [-0.25, -0.2) is 0 Å². The Morgan fingerprint density at radius 1 is 1.16 bits per heavy atom. The van der Waals surface area contributed by atoms with Crippen LogP contribution in [0.1, 0.15) is 36.9 Å². The summed E-state index contributed by atoms with van der Waals surface area (Å²) in [7, 11) is 0. The van der Waals surface area contributed by atoms with Crippen molar-refractivity contribution in [1.29, 1.82) is 0 Å². The third-order valence-corrected chi connectivity index (χ3v) is 6.99. The molecule has 0 radical (unpaired) electrons. The van der Waals surface area contributed by atoms with Crippen molar-refractivity contribution in [3.8, 4) is 0 Å². The maximum Gasteiger partial charge on any atom is 0.272 e. The number of aromatic amines is 1. The van der Waals surface area contributed by atoms with Crippen LogP contribution in [0.25, 0.3) is 10.9 Å². The molecule has 0 spiro atoms. The predicted octanol–water partition coefficient (Wildman–Crippen LogP) is 5.64. The fourth-order valence-electron chi connectivity index (χ4n) is 4.01. The lowest BCUT2D eigenvalue weighted by atomic mass is 10.0. The molecule has 2 aromatic heterocycles. The van der Waals surface area contributed by atoms with E-state index in [1.807, 2.05) is 36.1 Å². The van der Waals surface area contributed by atoms with Gasteiger partial charge in [0.25, 0.3) is 11.8 Å². The number of carbonyl (C=O) groups excluding carboxylic acids is 2. The summed E-state index contributed by atoms with van der Waals surface area (Å²) in [6.07, 6.45) is 0.888. The summed E-state index contributed by atoms with van der Waals surface area (Å²) in [5.74, 6) is -0.272. The SMILES string of the molecule is Cc1c(NC(=O)c2cc3cc(Cl)ccc3[nH]2)cccc1C(=O)N1CCc2sccc2C1. The summed E-state index contributed by atoms with van der Waals surface area (Å²) in [4.78, 5) is 32.4. The highest BCUT2D eigenvalue weighted by atomic mass is 35.5. The number of H-pyrrole nitrogens is 1. The van der Waals surface area contributed by atoms with Crippen LogP contribution in [0.15, 0.2) is 53.9 Å². The van der Waals surface area contributed by atoms with E-state index in [0.29, 0.717) is 35.1 Å². The van der Waals surface area contributed by atoms with Crippen LogP contribution < -0.4 is 5.32 Å². The molecular formula is C24H20ClN3O2S. The van der Waals surface area contributed by atoms with E-state index in [1.165, 1.54) is 10.4 Å². The number of nitrogens with zero attached hydrogens (tertiary/aromatic N) is 1. The molecule has 2 N–H and O–H groups in total. The minimum Gasteiger partial charge on any atom is -0.351 e. The fourth-order valence-corrected chi connectivity index (χ4v) is 5.08. The van der Waals surface area contributed by atoms with Gasteiger partial charge < -0.3 is 15.2 Å². The van der Waals surface area contributed by atoms with Gasteiger partial charge in [-0.1, -0.05) is 17.7 Å². The van der Waals surface area contributed by atoms with E-state index >= 15 is 0 Å². The number of fused-ring (bicyclic) bond motifs is 2. The number of hydrogen-bond acceptors (Lipinski definition) is 3. The summed E-state index contributed by atoms with van der Waals surface area (Å²) in [5, 5.41) is 6.51. The van der Waals surface area contributed by atoms with Gasteiger partial charge in [0.15, 0.2) is 0 Å². The van der Waals surface area contributed by atoms with Gasteiger partial charge >= 0.3 is 0 Å². The van der Waals surface area contributed by atoms with Crippen molar-refractivity contribution in [2.75, 3.05) is 11.9 Å². The molecule has 5 nitrogen and oxygen atoms in total.